The number of anilines is 1. The summed E-state index contributed by atoms with van der Waals surface area (Å²) < 4.78 is 0. The van der Waals surface area contributed by atoms with E-state index in [1.165, 1.54) is 19.4 Å². The van der Waals surface area contributed by atoms with Gasteiger partial charge in [0, 0.05) is 31.7 Å². The van der Waals surface area contributed by atoms with Crippen LogP contribution in [0.4, 0.5) is 5.69 Å². The van der Waals surface area contributed by atoms with E-state index in [4.69, 9.17) is 5.73 Å². The van der Waals surface area contributed by atoms with Crippen LogP contribution in [0.3, 0.4) is 0 Å². The van der Waals surface area contributed by atoms with E-state index in [1.807, 2.05) is 24.3 Å². The third-order valence-corrected chi connectivity index (χ3v) is 4.17. The molecule has 0 radical (unpaired) electrons. The Morgan fingerprint density at radius 2 is 2.09 bits per heavy atom. The number of para-hydroxylation sites is 1. The van der Waals surface area contributed by atoms with Crippen LogP contribution in [0.5, 0.6) is 0 Å². The monoisotopic (exact) mass is 361 g/mol. The van der Waals surface area contributed by atoms with Crippen molar-refractivity contribution in [3.05, 3.63) is 29.8 Å². The van der Waals surface area contributed by atoms with Gasteiger partial charge in [-0.25, -0.2) is 0 Å². The molecule has 0 saturated carbocycles. The first-order valence-corrected chi connectivity index (χ1v) is 7.97. The lowest BCUT2D eigenvalue weighted by Gasteiger charge is -2.30. The molecule has 1 atom stereocenters. The average molecular weight is 362 g/mol. The number of hydrogen-bond donors (Lipinski definition) is 2. The number of nitrogen functional groups attached to an aromatic ring is 1. The second-order valence-electron chi connectivity index (χ2n) is 6.10. The number of piperidine rings is 1. The van der Waals surface area contributed by atoms with Crippen LogP contribution in [-0.2, 0) is 11.2 Å². The maximum absolute atomic E-state index is 11.9. The van der Waals surface area contributed by atoms with Crippen LogP contribution < -0.4 is 11.1 Å². The lowest BCUT2D eigenvalue weighted by Crippen LogP contribution is -2.40. The quantitative estimate of drug-likeness (QED) is 0.765. The number of halogens is 2. The summed E-state index contributed by atoms with van der Waals surface area (Å²) >= 11 is 0. The van der Waals surface area contributed by atoms with E-state index in [9.17, 15) is 4.79 Å². The van der Waals surface area contributed by atoms with Gasteiger partial charge in [0.2, 0.25) is 5.91 Å². The molecule has 4 nitrogen and oxygen atoms in total. The first-order chi connectivity index (χ1) is 10.1. The minimum absolute atomic E-state index is 0. The molecule has 0 bridgehead atoms. The zero-order chi connectivity index (χ0) is 15.1. The number of carbonyl (C=O) groups is 1. The molecule has 0 aliphatic carbocycles. The molecule has 3 N–H and O–H groups in total. The Bertz CT molecular complexity index is 471. The van der Waals surface area contributed by atoms with E-state index < -0.39 is 0 Å². The van der Waals surface area contributed by atoms with Gasteiger partial charge in [-0.2, -0.15) is 0 Å². The van der Waals surface area contributed by atoms with Crippen molar-refractivity contribution in [1.82, 2.24) is 10.2 Å². The second kappa shape index (κ2) is 11.5. The van der Waals surface area contributed by atoms with Crippen molar-refractivity contribution in [2.45, 2.75) is 32.6 Å². The Kier molecular flexibility index (Phi) is 11.1. The summed E-state index contributed by atoms with van der Waals surface area (Å²) in [5.41, 5.74) is 7.70. The smallest absolute Gasteiger partial charge is 0.220 e. The Balaban J connectivity index is 0.00000242. The molecule has 23 heavy (non-hydrogen) atoms. The molecule has 132 valence electrons. The van der Waals surface area contributed by atoms with E-state index in [0.29, 0.717) is 12.8 Å². The molecule has 1 fully saturated rings. The van der Waals surface area contributed by atoms with Gasteiger partial charge < -0.3 is 16.0 Å². The molecule has 2 rings (SSSR count). The average Bonchev–Trinajstić information content (AvgIpc) is 2.46. The number of nitrogens with two attached hydrogens (primary N) is 1. The van der Waals surface area contributed by atoms with E-state index in [2.05, 4.69) is 17.1 Å². The summed E-state index contributed by atoms with van der Waals surface area (Å²) in [4.78, 5) is 14.3. The minimum Gasteiger partial charge on any atom is -0.399 e. The van der Waals surface area contributed by atoms with Gasteiger partial charge >= 0.3 is 0 Å². The molecule has 0 spiro atoms. The fourth-order valence-electron chi connectivity index (χ4n) is 2.94. The van der Waals surface area contributed by atoms with Gasteiger partial charge in [0.25, 0.3) is 0 Å². The van der Waals surface area contributed by atoms with Gasteiger partial charge in [-0.3, -0.25) is 4.79 Å². The number of rotatable bonds is 6. The summed E-state index contributed by atoms with van der Waals surface area (Å²) in [6.45, 7) is 6.34. The molecular weight excluding hydrogens is 333 g/mol. The summed E-state index contributed by atoms with van der Waals surface area (Å²) in [6.07, 6.45) is 3.83. The van der Waals surface area contributed by atoms with E-state index in [-0.39, 0.29) is 30.7 Å². The second-order valence-corrected chi connectivity index (χ2v) is 6.10. The van der Waals surface area contributed by atoms with Gasteiger partial charge in [-0.1, -0.05) is 25.1 Å². The Morgan fingerprint density at radius 3 is 2.78 bits per heavy atom. The molecule has 1 aromatic carbocycles. The Morgan fingerprint density at radius 1 is 1.35 bits per heavy atom. The van der Waals surface area contributed by atoms with E-state index in [1.54, 1.807) is 0 Å². The number of nitrogens with one attached hydrogen (secondary N) is 1. The molecule has 1 unspecified atom stereocenters. The molecule has 1 saturated heterocycles. The standard InChI is InChI=1S/C17H27N3O.2ClH/c1-14-5-4-11-20(13-14)12-10-19-17(21)9-8-15-6-2-3-7-16(15)18;;/h2-3,6-7,14H,4-5,8-13,18H2,1H3,(H,19,21);2*1H. The van der Waals surface area contributed by atoms with Crippen LogP contribution in [0.25, 0.3) is 0 Å². The maximum Gasteiger partial charge on any atom is 0.220 e. The highest BCUT2D eigenvalue weighted by Crippen LogP contribution is 2.14. The van der Waals surface area contributed by atoms with Crippen molar-refractivity contribution < 1.29 is 4.79 Å². The Labute approximate surface area is 152 Å². The third kappa shape index (κ3) is 7.91. The highest BCUT2D eigenvalue weighted by molar-refractivity contribution is 5.85. The lowest BCUT2D eigenvalue weighted by molar-refractivity contribution is -0.121. The molecule has 1 amide bonds. The maximum atomic E-state index is 11.9. The van der Waals surface area contributed by atoms with Crippen molar-refractivity contribution in [3.8, 4) is 0 Å². The normalized spacial score (nSPS) is 17.7. The summed E-state index contributed by atoms with van der Waals surface area (Å²) in [6, 6.07) is 7.74. The topological polar surface area (TPSA) is 58.4 Å². The summed E-state index contributed by atoms with van der Waals surface area (Å²) in [7, 11) is 0. The van der Waals surface area contributed by atoms with Crippen LogP contribution in [0.1, 0.15) is 31.7 Å². The van der Waals surface area contributed by atoms with Crippen molar-refractivity contribution in [2.75, 3.05) is 31.9 Å². The highest BCUT2D eigenvalue weighted by atomic mass is 35.5. The predicted molar refractivity (Wildman–Crippen MR) is 102 cm³/mol. The zero-order valence-electron chi connectivity index (χ0n) is 13.8. The summed E-state index contributed by atoms with van der Waals surface area (Å²) in [5.74, 6) is 0.902. The summed E-state index contributed by atoms with van der Waals surface area (Å²) in [5, 5.41) is 3.01. The third-order valence-electron chi connectivity index (χ3n) is 4.17. The molecule has 1 aromatic rings. The van der Waals surface area contributed by atoms with Gasteiger partial charge in [-0.05, 0) is 43.4 Å². The molecule has 1 aliphatic heterocycles. The molecular formula is C17H29Cl2N3O. The number of hydrogen-bond acceptors (Lipinski definition) is 3. The van der Waals surface area contributed by atoms with Gasteiger partial charge in [-0.15, -0.1) is 24.8 Å². The predicted octanol–water partition coefficient (Wildman–Crippen LogP) is 2.89. The SMILES string of the molecule is CC1CCCN(CCNC(=O)CCc2ccccc2N)C1.Cl.Cl. The molecule has 1 aliphatic rings. The molecule has 6 heteroatoms. The van der Waals surface area contributed by atoms with Crippen LogP contribution in [0, 0.1) is 5.92 Å². The van der Waals surface area contributed by atoms with Crippen molar-refractivity contribution in [3.63, 3.8) is 0 Å². The van der Waals surface area contributed by atoms with Crippen LogP contribution in [-0.4, -0.2) is 37.0 Å². The van der Waals surface area contributed by atoms with Gasteiger partial charge in [0.15, 0.2) is 0 Å². The van der Waals surface area contributed by atoms with E-state index in [0.717, 1.165) is 36.8 Å². The fourth-order valence-corrected chi connectivity index (χ4v) is 2.94. The first-order valence-electron chi connectivity index (χ1n) is 7.97. The highest BCUT2D eigenvalue weighted by Gasteiger charge is 2.15. The number of carbonyl (C=O) groups excluding carboxylic acids is 1. The van der Waals surface area contributed by atoms with Crippen molar-refractivity contribution >= 4 is 36.4 Å². The molecule has 0 aromatic heterocycles. The number of nitrogens with zero attached hydrogens (tertiary/aromatic N) is 1. The van der Waals surface area contributed by atoms with Crippen LogP contribution in [0.2, 0.25) is 0 Å². The first kappa shape index (κ1) is 22.0. The van der Waals surface area contributed by atoms with Gasteiger partial charge in [0.05, 0.1) is 0 Å². The van der Waals surface area contributed by atoms with E-state index >= 15 is 0 Å². The largest absolute Gasteiger partial charge is 0.399 e. The number of amides is 1. The van der Waals surface area contributed by atoms with Crippen LogP contribution >= 0.6 is 24.8 Å². The molecule has 1 heterocycles. The minimum atomic E-state index is 0. The zero-order valence-corrected chi connectivity index (χ0v) is 15.4. The number of aryl methyl sites for hydroxylation is 1. The van der Waals surface area contributed by atoms with Crippen molar-refractivity contribution in [2.24, 2.45) is 5.92 Å². The number of benzene rings is 1. The lowest BCUT2D eigenvalue weighted by atomic mass is 10.0. The Hall–Kier alpha value is -0.970. The van der Waals surface area contributed by atoms with Gasteiger partial charge in [0.1, 0.15) is 0 Å². The number of likely N-dealkylation sites (tertiary alicyclic amines) is 1. The van der Waals surface area contributed by atoms with Crippen molar-refractivity contribution in [1.29, 1.82) is 0 Å². The fraction of sp³-hybridized carbons (Fsp3) is 0.588. The van der Waals surface area contributed by atoms with Crippen LogP contribution in [0.15, 0.2) is 24.3 Å².